The Bertz CT molecular complexity index is 758. The number of rotatable bonds is 8. The Morgan fingerprint density at radius 1 is 1.48 bits per heavy atom. The quantitative estimate of drug-likeness (QED) is 0.536. The molecule has 1 fully saturated rings. The fourth-order valence-corrected chi connectivity index (χ4v) is 3.79. The minimum absolute atomic E-state index is 0.140. The van der Waals surface area contributed by atoms with Gasteiger partial charge in [-0.3, -0.25) is 13.8 Å². The Labute approximate surface area is 148 Å². The summed E-state index contributed by atoms with van der Waals surface area (Å²) in [6.07, 6.45) is 1.62. The van der Waals surface area contributed by atoms with Crippen molar-refractivity contribution in [3.63, 3.8) is 0 Å². The van der Waals surface area contributed by atoms with Gasteiger partial charge >= 0.3 is 16.4 Å². The minimum atomic E-state index is -4.17. The fraction of sp³-hybridized carbons (Fsp3) is 0.462. The molecule has 12 heteroatoms. The molecule has 2 N–H and O–H groups in total. The summed E-state index contributed by atoms with van der Waals surface area (Å²) in [6.45, 7) is 0.915. The number of aliphatic carboxylic acids is 1. The summed E-state index contributed by atoms with van der Waals surface area (Å²) in [7, 11) is -3.24. The molecule has 2 aliphatic heterocycles. The third-order valence-electron chi connectivity index (χ3n) is 3.61. The summed E-state index contributed by atoms with van der Waals surface area (Å²) in [6, 6.07) is -0.484. The van der Waals surface area contributed by atoms with Crippen molar-refractivity contribution < 1.29 is 36.3 Å². The van der Waals surface area contributed by atoms with Crippen molar-refractivity contribution in [2.75, 3.05) is 13.7 Å². The molecule has 2 aliphatic rings. The van der Waals surface area contributed by atoms with E-state index in [2.05, 4.69) is 13.7 Å². The molecule has 0 bridgehead atoms. The molecule has 2 heterocycles. The molecule has 2 atom stereocenters. The maximum atomic E-state index is 12.2. The van der Waals surface area contributed by atoms with Crippen LogP contribution < -0.4 is 5.32 Å². The van der Waals surface area contributed by atoms with E-state index >= 15 is 0 Å². The highest BCUT2D eigenvalue weighted by Crippen LogP contribution is 2.46. The molecule has 0 spiro atoms. The summed E-state index contributed by atoms with van der Waals surface area (Å²) in [5.41, 5.74) is -0.140. The van der Waals surface area contributed by atoms with Gasteiger partial charge in [-0.05, 0) is 5.41 Å². The lowest BCUT2D eigenvalue weighted by Gasteiger charge is -2.42. The van der Waals surface area contributed by atoms with Crippen LogP contribution in [0, 0.1) is 5.92 Å². The standard InChI is InChI=1S/C13H16N2O8S2/c1-7(16)14-3-4-24-10-5-9-8(6-23-25(20,21)22-2)12(17)15(9)11(10)13(18)19/h3-4,8-9H,5-6H2,1-2H3,(H,14,16)(H,18,19)/b4-3+/t8-,9+/m0/s1. The van der Waals surface area contributed by atoms with Crippen molar-refractivity contribution in [1.29, 1.82) is 0 Å². The van der Waals surface area contributed by atoms with Crippen molar-refractivity contribution in [1.82, 2.24) is 10.2 Å². The molecule has 2 rings (SSSR count). The summed E-state index contributed by atoms with van der Waals surface area (Å²) < 4.78 is 31.1. The van der Waals surface area contributed by atoms with Gasteiger partial charge in [-0.2, -0.15) is 8.42 Å². The van der Waals surface area contributed by atoms with Gasteiger partial charge < -0.3 is 15.3 Å². The number of hydrogen-bond donors (Lipinski definition) is 2. The molecule has 1 saturated heterocycles. The third-order valence-corrected chi connectivity index (χ3v) is 5.36. The number of β-lactam (4-membered cyclic amide) rings is 1. The van der Waals surface area contributed by atoms with Gasteiger partial charge in [-0.15, -0.1) is 0 Å². The van der Waals surface area contributed by atoms with Crippen LogP contribution in [0.15, 0.2) is 22.2 Å². The zero-order chi connectivity index (χ0) is 18.8. The Balaban J connectivity index is 2.07. The first-order chi connectivity index (χ1) is 11.7. The van der Waals surface area contributed by atoms with Gasteiger partial charge in [-0.25, -0.2) is 8.98 Å². The van der Waals surface area contributed by atoms with E-state index in [0.29, 0.717) is 4.91 Å². The number of nitrogens with zero attached hydrogens (tertiary/aromatic N) is 1. The molecule has 0 aromatic rings. The highest BCUT2D eigenvalue weighted by Gasteiger charge is 2.55. The smallest absolute Gasteiger partial charge is 0.399 e. The zero-order valence-corrected chi connectivity index (χ0v) is 14.9. The monoisotopic (exact) mass is 392 g/mol. The van der Waals surface area contributed by atoms with Gasteiger partial charge in [0, 0.05) is 24.4 Å². The molecule has 25 heavy (non-hydrogen) atoms. The minimum Gasteiger partial charge on any atom is -0.477 e. The molecule has 0 aliphatic carbocycles. The number of nitrogens with one attached hydrogen (secondary N) is 1. The normalized spacial score (nSPS) is 23.0. The second-order valence-corrected chi connectivity index (χ2v) is 7.53. The van der Waals surface area contributed by atoms with Crippen LogP contribution in [0.5, 0.6) is 0 Å². The van der Waals surface area contributed by atoms with Crippen molar-refractivity contribution >= 4 is 39.9 Å². The van der Waals surface area contributed by atoms with E-state index < -0.39 is 40.8 Å². The molecular weight excluding hydrogens is 376 g/mol. The highest BCUT2D eigenvalue weighted by molar-refractivity contribution is 8.05. The van der Waals surface area contributed by atoms with Crippen LogP contribution in [-0.4, -0.2) is 56.0 Å². The first kappa shape index (κ1) is 19.4. The topological polar surface area (TPSA) is 139 Å². The lowest BCUT2D eigenvalue weighted by Crippen LogP contribution is -2.60. The van der Waals surface area contributed by atoms with Crippen molar-refractivity contribution in [2.45, 2.75) is 19.4 Å². The first-order valence-electron chi connectivity index (χ1n) is 7.01. The summed E-state index contributed by atoms with van der Waals surface area (Å²) >= 11 is 1.07. The van der Waals surface area contributed by atoms with Crippen LogP contribution in [0.1, 0.15) is 13.3 Å². The van der Waals surface area contributed by atoms with Gasteiger partial charge in [0.25, 0.3) is 0 Å². The van der Waals surface area contributed by atoms with Crippen LogP contribution in [0.3, 0.4) is 0 Å². The molecule has 10 nitrogen and oxygen atoms in total. The maximum Gasteiger partial charge on any atom is 0.399 e. The molecular formula is C13H16N2O8S2. The average molecular weight is 392 g/mol. The van der Waals surface area contributed by atoms with E-state index in [1.807, 2.05) is 0 Å². The van der Waals surface area contributed by atoms with Gasteiger partial charge in [0.1, 0.15) is 5.70 Å². The number of carbonyl (C=O) groups excluding carboxylic acids is 2. The number of carboxylic acid groups (broad SMARTS) is 1. The lowest BCUT2D eigenvalue weighted by molar-refractivity contribution is -0.156. The van der Waals surface area contributed by atoms with E-state index in [0.717, 1.165) is 23.8 Å². The van der Waals surface area contributed by atoms with E-state index in [-0.39, 0.29) is 18.0 Å². The third kappa shape index (κ3) is 4.21. The number of carboxylic acids is 1. The molecule has 0 aromatic carbocycles. The predicted octanol–water partition coefficient (Wildman–Crippen LogP) is -0.238. The zero-order valence-electron chi connectivity index (χ0n) is 13.3. The largest absolute Gasteiger partial charge is 0.477 e. The van der Waals surface area contributed by atoms with E-state index in [1.165, 1.54) is 18.5 Å². The van der Waals surface area contributed by atoms with Gasteiger partial charge in [0.05, 0.1) is 25.7 Å². The summed E-state index contributed by atoms with van der Waals surface area (Å²) in [5.74, 6) is -2.81. The number of hydrogen-bond acceptors (Lipinski definition) is 8. The Kier molecular flexibility index (Phi) is 5.87. The number of amides is 2. The molecule has 0 radical (unpaired) electrons. The Hall–Kier alpha value is -1.89. The number of carbonyl (C=O) groups is 3. The van der Waals surface area contributed by atoms with Crippen LogP contribution >= 0.6 is 11.8 Å². The molecule has 0 unspecified atom stereocenters. The van der Waals surface area contributed by atoms with Crippen molar-refractivity contribution in [3.05, 3.63) is 22.2 Å². The van der Waals surface area contributed by atoms with E-state index in [4.69, 9.17) is 0 Å². The first-order valence-corrected chi connectivity index (χ1v) is 9.22. The van der Waals surface area contributed by atoms with Crippen molar-refractivity contribution in [3.8, 4) is 0 Å². The van der Waals surface area contributed by atoms with Gasteiger partial charge in [0.15, 0.2) is 0 Å². The second-order valence-electron chi connectivity index (χ2n) is 5.14. The van der Waals surface area contributed by atoms with Crippen LogP contribution in [-0.2, 0) is 33.1 Å². The molecule has 2 amide bonds. The highest BCUT2D eigenvalue weighted by atomic mass is 32.3. The maximum absolute atomic E-state index is 12.2. The fourth-order valence-electron chi connectivity index (χ4n) is 2.52. The van der Waals surface area contributed by atoms with E-state index in [9.17, 15) is 27.9 Å². The van der Waals surface area contributed by atoms with Gasteiger partial charge in [0.2, 0.25) is 11.8 Å². The number of fused-ring (bicyclic) bond motifs is 1. The number of thioether (sulfide) groups is 1. The second kappa shape index (κ2) is 7.56. The van der Waals surface area contributed by atoms with Crippen LogP contribution in [0.2, 0.25) is 0 Å². The summed E-state index contributed by atoms with van der Waals surface area (Å²) in [4.78, 5) is 36.0. The van der Waals surface area contributed by atoms with Crippen LogP contribution in [0.4, 0.5) is 0 Å². The summed E-state index contributed by atoms with van der Waals surface area (Å²) in [5, 5.41) is 13.3. The lowest BCUT2D eigenvalue weighted by atomic mass is 9.88. The average Bonchev–Trinajstić information content (AvgIpc) is 2.86. The predicted molar refractivity (Wildman–Crippen MR) is 85.8 cm³/mol. The SMILES string of the molecule is COS(=O)(=O)OC[C@@H]1C(=O)N2C(C(=O)O)=C(S/C=C/NC(C)=O)C[C@H]12. The Morgan fingerprint density at radius 2 is 2.16 bits per heavy atom. The molecule has 0 aromatic heterocycles. The van der Waals surface area contributed by atoms with E-state index in [1.54, 1.807) is 0 Å². The van der Waals surface area contributed by atoms with Crippen LogP contribution in [0.25, 0.3) is 0 Å². The van der Waals surface area contributed by atoms with Crippen molar-refractivity contribution in [2.24, 2.45) is 5.92 Å². The molecule has 138 valence electrons. The Morgan fingerprint density at radius 3 is 2.72 bits per heavy atom. The van der Waals surface area contributed by atoms with Gasteiger partial charge in [-0.1, -0.05) is 11.8 Å². The molecule has 0 saturated carbocycles.